The molecule has 1 heterocycles. The van der Waals surface area contributed by atoms with Crippen LogP contribution >= 0.6 is 0 Å². The third-order valence-corrected chi connectivity index (χ3v) is 21.6. The molecule has 6 heteroatoms. The number of ether oxygens (including phenoxy) is 5. The van der Waals surface area contributed by atoms with E-state index >= 15 is 0 Å². The van der Waals surface area contributed by atoms with Gasteiger partial charge >= 0.3 is 347 Å². The Hall–Kier alpha value is -5.12. The van der Waals surface area contributed by atoms with Crippen LogP contribution in [0.5, 0.6) is 0 Å². The average Bonchev–Trinajstić information content (AvgIpc) is 3.30. The summed E-state index contributed by atoms with van der Waals surface area (Å²) in [6.45, 7) is 1.90. The van der Waals surface area contributed by atoms with Crippen LogP contribution in [0.1, 0.15) is 22.3 Å². The Balaban J connectivity index is 1.30. The SMILES string of the molecule is c1ccc(COC[C@H]2O[C@H]([Ge]([c]3ccccc3)([c]3ccccc3)[c]3ccccc3)[C@H](OCc3ccccc3)[C@@H](OCc3ccccc3)[C@H]2OCc2ccccc2)cc1. The second kappa shape index (κ2) is 20.0. The van der Waals surface area contributed by atoms with Crippen molar-refractivity contribution in [2.24, 2.45) is 0 Å². The Bertz CT molecular complexity index is 2120. The van der Waals surface area contributed by atoms with Gasteiger partial charge in [-0.1, -0.05) is 0 Å². The van der Waals surface area contributed by atoms with E-state index in [2.05, 4.69) is 164 Å². The van der Waals surface area contributed by atoms with E-state index < -0.39 is 42.6 Å². The first-order chi connectivity index (χ1) is 28.8. The third kappa shape index (κ3) is 9.43. The van der Waals surface area contributed by atoms with Crippen LogP contribution in [-0.4, -0.2) is 49.2 Å². The number of hydrogen-bond donors (Lipinski definition) is 0. The van der Waals surface area contributed by atoms with Gasteiger partial charge in [-0.05, 0) is 0 Å². The molecule has 1 aliphatic rings. The first-order valence-corrected chi connectivity index (χ1v) is 24.5. The van der Waals surface area contributed by atoms with Crippen molar-refractivity contribution in [2.45, 2.75) is 55.8 Å². The normalized spacial score (nSPS) is 19.4. The third-order valence-electron chi connectivity index (χ3n) is 11.0. The molecular weight excluding hydrogens is 777 g/mol. The predicted molar refractivity (Wildman–Crippen MR) is 234 cm³/mol. The molecule has 5 atom stereocenters. The molecule has 58 heavy (non-hydrogen) atoms. The van der Waals surface area contributed by atoms with Crippen molar-refractivity contribution in [3.05, 3.63) is 235 Å². The minimum absolute atomic E-state index is 0.304. The van der Waals surface area contributed by atoms with Crippen molar-refractivity contribution in [3.8, 4) is 0 Å². The molecule has 1 saturated heterocycles. The van der Waals surface area contributed by atoms with Gasteiger partial charge in [-0.25, -0.2) is 0 Å². The summed E-state index contributed by atoms with van der Waals surface area (Å²) in [5.74, 6) is 0. The van der Waals surface area contributed by atoms with E-state index in [9.17, 15) is 0 Å². The summed E-state index contributed by atoms with van der Waals surface area (Å²) < 4.78 is 39.8. The van der Waals surface area contributed by atoms with Crippen molar-refractivity contribution in [2.75, 3.05) is 6.61 Å². The molecule has 7 aromatic carbocycles. The molecule has 0 aromatic heterocycles. The second-order valence-corrected chi connectivity index (χ2v) is 23.0. The summed E-state index contributed by atoms with van der Waals surface area (Å²) in [6.07, 6.45) is -2.08. The van der Waals surface area contributed by atoms with Crippen LogP contribution in [0.25, 0.3) is 0 Å². The number of benzene rings is 7. The van der Waals surface area contributed by atoms with E-state index in [0.717, 1.165) is 22.3 Å². The molecular formula is C52H50GeO5. The van der Waals surface area contributed by atoms with Crippen molar-refractivity contribution in [1.82, 2.24) is 0 Å². The van der Waals surface area contributed by atoms with Gasteiger partial charge in [0.05, 0.1) is 0 Å². The molecule has 7 aromatic rings. The number of rotatable bonds is 17. The molecule has 0 amide bonds. The molecule has 292 valence electrons. The zero-order valence-corrected chi connectivity index (χ0v) is 34.8. The summed E-state index contributed by atoms with van der Waals surface area (Å²) in [4.78, 5) is -0.418. The average molecular weight is 828 g/mol. The summed E-state index contributed by atoms with van der Waals surface area (Å²) in [5.41, 5.74) is 4.33. The molecule has 0 saturated carbocycles. The van der Waals surface area contributed by atoms with Gasteiger partial charge in [-0.15, -0.1) is 0 Å². The Kier molecular flexibility index (Phi) is 13.7. The molecule has 0 spiro atoms. The van der Waals surface area contributed by atoms with E-state index in [1.165, 1.54) is 13.2 Å². The van der Waals surface area contributed by atoms with Crippen LogP contribution in [0.4, 0.5) is 0 Å². The molecule has 0 N–H and O–H groups in total. The van der Waals surface area contributed by atoms with E-state index in [1.54, 1.807) is 0 Å². The van der Waals surface area contributed by atoms with Gasteiger partial charge < -0.3 is 0 Å². The van der Waals surface area contributed by atoms with Gasteiger partial charge in [0, 0.05) is 0 Å². The fourth-order valence-corrected chi connectivity index (χ4v) is 19.3. The van der Waals surface area contributed by atoms with Crippen LogP contribution in [0.3, 0.4) is 0 Å². The van der Waals surface area contributed by atoms with Crippen molar-refractivity contribution in [1.29, 1.82) is 0 Å². The molecule has 5 nitrogen and oxygen atoms in total. The summed E-state index contributed by atoms with van der Waals surface area (Å²) >= 11 is -3.99. The van der Waals surface area contributed by atoms with Gasteiger partial charge in [0.2, 0.25) is 0 Å². The van der Waals surface area contributed by atoms with Crippen molar-refractivity contribution in [3.63, 3.8) is 0 Å². The van der Waals surface area contributed by atoms with Crippen molar-refractivity contribution >= 4 is 26.5 Å². The van der Waals surface area contributed by atoms with E-state index in [4.69, 9.17) is 23.7 Å². The zero-order valence-electron chi connectivity index (χ0n) is 32.7. The summed E-state index contributed by atoms with van der Waals surface area (Å²) in [7, 11) is 0. The first kappa shape index (κ1) is 39.7. The topological polar surface area (TPSA) is 46.2 Å². The monoisotopic (exact) mass is 828 g/mol. The van der Waals surface area contributed by atoms with Crippen molar-refractivity contribution < 1.29 is 23.7 Å². The van der Waals surface area contributed by atoms with E-state index in [-0.39, 0.29) is 0 Å². The summed E-state index contributed by atoms with van der Waals surface area (Å²) in [5, 5.41) is 0. The number of hydrogen-bond acceptors (Lipinski definition) is 5. The van der Waals surface area contributed by atoms with Crippen LogP contribution in [0, 0.1) is 0 Å². The van der Waals surface area contributed by atoms with Crippen LogP contribution in [-0.2, 0) is 50.1 Å². The molecule has 0 radical (unpaired) electrons. The Morgan fingerprint density at radius 2 is 0.655 bits per heavy atom. The molecule has 8 rings (SSSR count). The quantitative estimate of drug-likeness (QED) is 0.0864. The van der Waals surface area contributed by atoms with E-state index in [1.807, 2.05) is 48.5 Å². The zero-order chi connectivity index (χ0) is 39.2. The molecule has 1 fully saturated rings. The Morgan fingerprint density at radius 1 is 0.345 bits per heavy atom. The Morgan fingerprint density at radius 3 is 1.03 bits per heavy atom. The molecule has 0 unspecified atom stereocenters. The summed E-state index contributed by atoms with van der Waals surface area (Å²) in [6, 6.07) is 74.3. The Labute approximate surface area is 345 Å². The van der Waals surface area contributed by atoms with Crippen LogP contribution < -0.4 is 13.2 Å². The van der Waals surface area contributed by atoms with Gasteiger partial charge in [0.15, 0.2) is 0 Å². The first-order valence-electron chi connectivity index (χ1n) is 20.2. The fraction of sp³-hybridized carbons (Fsp3) is 0.192. The van der Waals surface area contributed by atoms with Gasteiger partial charge in [0.1, 0.15) is 0 Å². The van der Waals surface area contributed by atoms with Gasteiger partial charge in [-0.3, -0.25) is 0 Å². The molecule has 0 bridgehead atoms. The van der Waals surface area contributed by atoms with E-state index in [0.29, 0.717) is 33.0 Å². The van der Waals surface area contributed by atoms with Crippen LogP contribution in [0.15, 0.2) is 212 Å². The fourth-order valence-electron chi connectivity index (χ4n) is 8.23. The minimum atomic E-state index is -3.99. The molecule has 1 aliphatic heterocycles. The van der Waals surface area contributed by atoms with Gasteiger partial charge in [0.25, 0.3) is 0 Å². The molecule has 0 aliphatic carbocycles. The maximum atomic E-state index is 7.77. The second-order valence-electron chi connectivity index (χ2n) is 14.8. The standard InChI is InChI=1S/C52H50GeO5/c1-8-22-41(23-9-1)36-54-40-48-49(55-37-42-24-10-2-11-25-42)50(56-38-43-26-12-3-13-27-43)51(57-39-44-28-14-4-15-29-44)52(58-48)53(45-30-16-5-17-31-45,46-32-18-6-19-33-46)47-34-20-7-21-35-47/h1-35,48-52H,36-40H2/t48-,49+,50+,51-,52+/m1/s1. The maximum absolute atomic E-state index is 7.77. The van der Waals surface area contributed by atoms with Crippen LogP contribution in [0.2, 0.25) is 0 Å². The van der Waals surface area contributed by atoms with Gasteiger partial charge in [-0.2, -0.15) is 0 Å². The predicted octanol–water partition coefficient (Wildman–Crippen LogP) is 8.44.